The molecule has 2 aromatic rings. The second-order valence-electron chi connectivity index (χ2n) is 5.30. The van der Waals surface area contributed by atoms with Crippen molar-refractivity contribution in [3.8, 4) is 0 Å². The van der Waals surface area contributed by atoms with E-state index in [1.54, 1.807) is 6.26 Å². The third-order valence-corrected chi connectivity index (χ3v) is 4.51. The molecule has 0 amide bonds. The van der Waals surface area contributed by atoms with Crippen molar-refractivity contribution in [1.82, 2.24) is 14.5 Å². The van der Waals surface area contributed by atoms with Crippen molar-refractivity contribution in [2.45, 2.75) is 43.1 Å². The van der Waals surface area contributed by atoms with Crippen LogP contribution in [0.4, 0.5) is 13.2 Å². The molecule has 1 aliphatic rings. The molecule has 0 spiro atoms. The molecule has 22 heavy (non-hydrogen) atoms. The molecule has 0 radical (unpaired) electrons. The van der Waals surface area contributed by atoms with Gasteiger partial charge in [0.05, 0.1) is 5.56 Å². The van der Waals surface area contributed by atoms with Crippen LogP contribution in [0.15, 0.2) is 22.2 Å². The Morgan fingerprint density at radius 1 is 1.32 bits per heavy atom. The zero-order chi connectivity index (χ0) is 15.9. The first kappa shape index (κ1) is 15.3. The highest BCUT2D eigenvalue weighted by molar-refractivity contribution is 7.98. The number of aromatic nitrogens is 3. The van der Waals surface area contributed by atoms with Gasteiger partial charge in [-0.3, -0.25) is 9.36 Å². The van der Waals surface area contributed by atoms with E-state index in [1.807, 2.05) is 0 Å². The third kappa shape index (κ3) is 2.60. The molecule has 0 unspecified atom stereocenters. The van der Waals surface area contributed by atoms with Crippen molar-refractivity contribution in [3.63, 3.8) is 0 Å². The van der Waals surface area contributed by atoms with E-state index in [1.165, 1.54) is 22.5 Å². The van der Waals surface area contributed by atoms with E-state index in [4.69, 9.17) is 0 Å². The number of fused-ring (bicyclic) bond motifs is 1. The highest BCUT2D eigenvalue weighted by Gasteiger charge is 2.35. The van der Waals surface area contributed by atoms with Crippen molar-refractivity contribution >= 4 is 22.8 Å². The summed E-state index contributed by atoms with van der Waals surface area (Å²) in [5.41, 5.74) is -1.52. The molecular formula is C14H14F3N3OS. The normalized spacial score (nSPS) is 16.5. The van der Waals surface area contributed by atoms with E-state index in [2.05, 4.69) is 9.97 Å². The van der Waals surface area contributed by atoms with Gasteiger partial charge in [-0.05, 0) is 19.1 Å². The first-order chi connectivity index (χ1) is 10.4. The van der Waals surface area contributed by atoms with Gasteiger partial charge in [0.2, 0.25) is 0 Å². The van der Waals surface area contributed by atoms with Crippen LogP contribution in [0.25, 0.3) is 11.0 Å². The summed E-state index contributed by atoms with van der Waals surface area (Å²) in [6, 6.07) is 0.588. The molecule has 1 fully saturated rings. The van der Waals surface area contributed by atoms with Crippen LogP contribution in [0.1, 0.15) is 37.3 Å². The molecule has 0 aromatic carbocycles. The standard InChI is InChI=1S/C14H14F3N3OS/c1-22-13-18-7-9-10(14(15,16)17)6-11(21)20(12(9)19-13)8-4-2-3-5-8/h6-8H,2-5H2,1H3. The van der Waals surface area contributed by atoms with Crippen LogP contribution in [0.2, 0.25) is 0 Å². The molecule has 1 saturated carbocycles. The third-order valence-electron chi connectivity index (χ3n) is 3.95. The summed E-state index contributed by atoms with van der Waals surface area (Å²) < 4.78 is 41.0. The van der Waals surface area contributed by atoms with Crippen LogP contribution in [-0.4, -0.2) is 20.8 Å². The predicted octanol–water partition coefficient (Wildman–Crippen LogP) is 3.65. The lowest BCUT2D eigenvalue weighted by molar-refractivity contribution is -0.136. The smallest absolute Gasteiger partial charge is 0.289 e. The van der Waals surface area contributed by atoms with Gasteiger partial charge in [-0.1, -0.05) is 24.6 Å². The zero-order valence-corrected chi connectivity index (χ0v) is 12.7. The summed E-state index contributed by atoms with van der Waals surface area (Å²) in [5, 5.41) is 0.245. The molecule has 0 saturated heterocycles. The van der Waals surface area contributed by atoms with E-state index in [-0.39, 0.29) is 17.1 Å². The molecule has 8 heteroatoms. The molecule has 4 nitrogen and oxygen atoms in total. The molecule has 0 aliphatic heterocycles. The topological polar surface area (TPSA) is 47.8 Å². The fraction of sp³-hybridized carbons (Fsp3) is 0.500. The Hall–Kier alpha value is -1.57. The van der Waals surface area contributed by atoms with Gasteiger partial charge in [-0.2, -0.15) is 13.2 Å². The van der Waals surface area contributed by atoms with E-state index < -0.39 is 17.3 Å². The molecule has 0 N–H and O–H groups in total. The quantitative estimate of drug-likeness (QED) is 0.623. The minimum absolute atomic E-state index is 0.0816. The number of hydrogen-bond donors (Lipinski definition) is 0. The van der Waals surface area contributed by atoms with Crippen molar-refractivity contribution in [1.29, 1.82) is 0 Å². The number of alkyl halides is 3. The molecule has 2 aromatic heterocycles. The van der Waals surface area contributed by atoms with E-state index in [0.29, 0.717) is 11.2 Å². The number of pyridine rings is 1. The Morgan fingerprint density at radius 3 is 2.59 bits per heavy atom. The van der Waals surface area contributed by atoms with Gasteiger partial charge in [-0.15, -0.1) is 0 Å². The van der Waals surface area contributed by atoms with Gasteiger partial charge in [0.25, 0.3) is 5.56 Å². The number of halogens is 3. The van der Waals surface area contributed by atoms with Gasteiger partial charge < -0.3 is 0 Å². The number of nitrogens with zero attached hydrogens (tertiary/aromatic N) is 3. The summed E-state index contributed by atoms with van der Waals surface area (Å²) in [6.45, 7) is 0. The lowest BCUT2D eigenvalue weighted by atomic mass is 10.1. The van der Waals surface area contributed by atoms with Crippen LogP contribution in [0.5, 0.6) is 0 Å². The van der Waals surface area contributed by atoms with Crippen LogP contribution in [-0.2, 0) is 6.18 Å². The van der Waals surface area contributed by atoms with Gasteiger partial charge in [0.1, 0.15) is 5.65 Å². The van der Waals surface area contributed by atoms with Crippen molar-refractivity contribution in [3.05, 3.63) is 28.2 Å². The lowest BCUT2D eigenvalue weighted by Gasteiger charge is -2.18. The number of rotatable bonds is 2. The van der Waals surface area contributed by atoms with Crippen LogP contribution in [0.3, 0.4) is 0 Å². The van der Waals surface area contributed by atoms with E-state index in [0.717, 1.165) is 25.7 Å². The predicted molar refractivity (Wildman–Crippen MR) is 78.1 cm³/mol. The van der Waals surface area contributed by atoms with Gasteiger partial charge in [-0.25, -0.2) is 9.97 Å². The molecule has 118 valence electrons. The molecular weight excluding hydrogens is 315 g/mol. The maximum atomic E-state index is 13.2. The van der Waals surface area contributed by atoms with Gasteiger partial charge in [0, 0.05) is 23.7 Å². The molecule has 1 aliphatic carbocycles. The Bertz CT molecular complexity index is 766. The molecule has 3 rings (SSSR count). The van der Waals surface area contributed by atoms with Crippen LogP contribution < -0.4 is 5.56 Å². The lowest BCUT2D eigenvalue weighted by Crippen LogP contribution is -2.26. The Labute approximate surface area is 128 Å². The first-order valence-corrected chi connectivity index (χ1v) is 8.18. The first-order valence-electron chi connectivity index (χ1n) is 6.95. The maximum Gasteiger partial charge on any atom is 0.417 e. The largest absolute Gasteiger partial charge is 0.417 e. The van der Waals surface area contributed by atoms with Crippen molar-refractivity contribution < 1.29 is 13.2 Å². The SMILES string of the molecule is CSc1ncc2c(C(F)(F)F)cc(=O)n(C3CCCC3)c2n1. The maximum absolute atomic E-state index is 13.2. The van der Waals surface area contributed by atoms with Gasteiger partial charge >= 0.3 is 6.18 Å². The second kappa shape index (κ2) is 5.57. The van der Waals surface area contributed by atoms with E-state index in [9.17, 15) is 18.0 Å². The monoisotopic (exact) mass is 329 g/mol. The Morgan fingerprint density at radius 2 is 2.00 bits per heavy atom. The highest BCUT2D eigenvalue weighted by atomic mass is 32.2. The number of hydrogen-bond acceptors (Lipinski definition) is 4. The number of thioether (sulfide) groups is 1. The van der Waals surface area contributed by atoms with Gasteiger partial charge in [0.15, 0.2) is 5.16 Å². The van der Waals surface area contributed by atoms with Crippen LogP contribution >= 0.6 is 11.8 Å². The summed E-state index contributed by atoms with van der Waals surface area (Å²) in [6.07, 6.45) is 1.84. The van der Waals surface area contributed by atoms with Crippen LogP contribution in [0, 0.1) is 0 Å². The minimum Gasteiger partial charge on any atom is -0.289 e. The van der Waals surface area contributed by atoms with E-state index >= 15 is 0 Å². The fourth-order valence-electron chi connectivity index (χ4n) is 2.95. The minimum atomic E-state index is -4.60. The zero-order valence-electron chi connectivity index (χ0n) is 11.9. The summed E-state index contributed by atoms with van der Waals surface area (Å²) in [4.78, 5) is 20.4. The summed E-state index contributed by atoms with van der Waals surface area (Å²) >= 11 is 1.24. The average Bonchev–Trinajstić information content (AvgIpc) is 2.98. The second-order valence-corrected chi connectivity index (χ2v) is 6.07. The Balaban J connectivity index is 2.35. The summed E-state index contributed by atoms with van der Waals surface area (Å²) in [5.74, 6) is 0. The molecule has 2 heterocycles. The highest BCUT2D eigenvalue weighted by Crippen LogP contribution is 2.36. The summed E-state index contributed by atoms with van der Waals surface area (Å²) in [7, 11) is 0. The Kier molecular flexibility index (Phi) is 3.88. The molecule has 0 atom stereocenters. The fourth-order valence-corrected chi connectivity index (χ4v) is 3.29. The van der Waals surface area contributed by atoms with Crippen molar-refractivity contribution in [2.75, 3.05) is 6.26 Å². The average molecular weight is 329 g/mol. The van der Waals surface area contributed by atoms with Crippen molar-refractivity contribution in [2.24, 2.45) is 0 Å². The molecule has 0 bridgehead atoms.